The highest BCUT2D eigenvalue weighted by atomic mass is 32.2. The van der Waals surface area contributed by atoms with Crippen LogP contribution in [0.3, 0.4) is 0 Å². The number of furan rings is 1. The molecule has 4 aromatic rings. The zero-order valence-corrected chi connectivity index (χ0v) is 24.8. The third-order valence-corrected chi connectivity index (χ3v) is 8.16. The summed E-state index contributed by atoms with van der Waals surface area (Å²) in [4.78, 5) is 25.5. The smallest absolute Gasteiger partial charge is 0.329 e. The maximum absolute atomic E-state index is 13.1. The molecule has 5 rings (SSSR count). The van der Waals surface area contributed by atoms with Crippen LogP contribution in [0.1, 0.15) is 42.8 Å². The average Bonchev–Trinajstić information content (AvgIpc) is 3.75. The number of amides is 1. The fraction of sp³-hybridized carbons (Fsp3) is 0.312. The van der Waals surface area contributed by atoms with Crippen LogP contribution in [0, 0.1) is 18.8 Å². The molecule has 2 N–H and O–H groups in total. The number of esters is 1. The number of carbonyl (C=O) groups is 2. The number of fused-ring (bicyclic) bond motifs is 1. The van der Waals surface area contributed by atoms with Gasteiger partial charge in [-0.25, -0.2) is 9.00 Å². The maximum atomic E-state index is 13.1. The minimum Gasteiger partial charge on any atom is -0.493 e. The Labute approximate surface area is 247 Å². The first-order chi connectivity index (χ1) is 20.2. The van der Waals surface area contributed by atoms with Crippen molar-refractivity contribution < 1.29 is 32.2 Å². The van der Waals surface area contributed by atoms with Crippen LogP contribution >= 0.6 is 0 Å². The fourth-order valence-corrected chi connectivity index (χ4v) is 5.76. The number of rotatable bonds is 11. The van der Waals surface area contributed by atoms with Gasteiger partial charge in [-0.15, -0.1) is 0 Å². The van der Waals surface area contributed by atoms with E-state index in [4.69, 9.17) is 13.9 Å². The Morgan fingerprint density at radius 1 is 1.05 bits per heavy atom. The molecule has 220 valence electrons. The second kappa shape index (κ2) is 12.4. The SMILES string of the molecule is COC(=O)C(C(C)C)N(c1ccc(-c2ccc(NC(=O)c3oc4cccc(OCC5CC5)c4c3C)cc2)cc1)S(=O)O. The lowest BCUT2D eigenvalue weighted by atomic mass is 10.0. The highest BCUT2D eigenvalue weighted by Crippen LogP contribution is 2.36. The van der Waals surface area contributed by atoms with E-state index >= 15 is 0 Å². The van der Waals surface area contributed by atoms with Crippen molar-refractivity contribution >= 4 is 45.5 Å². The van der Waals surface area contributed by atoms with Gasteiger partial charge in [0.1, 0.15) is 17.4 Å². The summed E-state index contributed by atoms with van der Waals surface area (Å²) >= 11 is -2.43. The van der Waals surface area contributed by atoms with E-state index in [0.717, 1.165) is 32.1 Å². The Hall–Kier alpha value is -4.15. The molecule has 1 saturated carbocycles. The highest BCUT2D eigenvalue weighted by Gasteiger charge is 2.34. The molecule has 9 nitrogen and oxygen atoms in total. The summed E-state index contributed by atoms with van der Waals surface area (Å²) in [7, 11) is 1.25. The molecule has 0 spiro atoms. The lowest BCUT2D eigenvalue weighted by Crippen LogP contribution is -2.46. The number of hydrogen-bond acceptors (Lipinski definition) is 6. The first-order valence-electron chi connectivity index (χ1n) is 13.8. The Morgan fingerprint density at radius 2 is 1.69 bits per heavy atom. The summed E-state index contributed by atoms with van der Waals surface area (Å²) < 4.78 is 40.1. The molecule has 1 amide bonds. The van der Waals surface area contributed by atoms with Crippen molar-refractivity contribution in [1.82, 2.24) is 0 Å². The molecule has 0 saturated heterocycles. The number of carbonyl (C=O) groups excluding carboxylic acids is 2. The average molecular weight is 591 g/mol. The summed E-state index contributed by atoms with van der Waals surface area (Å²) in [5, 5.41) is 3.73. The molecular weight excluding hydrogens is 556 g/mol. The van der Waals surface area contributed by atoms with E-state index in [1.165, 1.54) is 20.0 Å². The van der Waals surface area contributed by atoms with Crippen molar-refractivity contribution in [2.24, 2.45) is 11.8 Å². The van der Waals surface area contributed by atoms with Gasteiger partial charge in [-0.2, -0.15) is 0 Å². The number of benzene rings is 3. The van der Waals surface area contributed by atoms with Gasteiger partial charge in [0, 0.05) is 11.3 Å². The third-order valence-electron chi connectivity index (χ3n) is 7.39. The zero-order chi connectivity index (χ0) is 30.0. The van der Waals surface area contributed by atoms with Crippen molar-refractivity contribution in [3.8, 4) is 16.9 Å². The van der Waals surface area contributed by atoms with Crippen LogP contribution in [0.15, 0.2) is 71.1 Å². The molecular formula is C32H34N2O7S. The Balaban J connectivity index is 1.30. The van der Waals surface area contributed by atoms with E-state index in [1.807, 2.05) is 37.3 Å². The van der Waals surface area contributed by atoms with Crippen LogP contribution in [0.4, 0.5) is 11.4 Å². The van der Waals surface area contributed by atoms with Gasteiger partial charge >= 0.3 is 5.97 Å². The van der Waals surface area contributed by atoms with Crippen LogP contribution in [0.25, 0.3) is 22.1 Å². The molecule has 2 atom stereocenters. The molecule has 2 unspecified atom stereocenters. The van der Waals surface area contributed by atoms with Gasteiger partial charge in [0.25, 0.3) is 17.2 Å². The number of nitrogens with one attached hydrogen (secondary N) is 1. The normalized spacial score (nSPS) is 14.4. The predicted molar refractivity (Wildman–Crippen MR) is 163 cm³/mol. The van der Waals surface area contributed by atoms with Gasteiger partial charge in [0.15, 0.2) is 5.76 Å². The first-order valence-corrected chi connectivity index (χ1v) is 14.9. The Kier molecular flexibility index (Phi) is 8.65. The summed E-state index contributed by atoms with van der Waals surface area (Å²) in [6.45, 7) is 6.10. The van der Waals surface area contributed by atoms with Gasteiger partial charge in [-0.3, -0.25) is 13.7 Å². The first kappa shape index (κ1) is 29.3. The standard InChI is InChI=1S/C32H34N2O7S/c1-19(2)29(32(36)39-4)34(42(37)38)25-16-12-23(13-17-25)22-10-14-24(15-11-22)33-31(35)30-20(3)28-26(40-18-21-8-9-21)6-5-7-27(28)41-30/h5-7,10-17,19,21,29H,8-9,18H2,1-4H3,(H,33,35)(H,37,38). The predicted octanol–water partition coefficient (Wildman–Crippen LogP) is 6.59. The Bertz CT molecular complexity index is 1610. The van der Waals surface area contributed by atoms with E-state index < -0.39 is 23.3 Å². The van der Waals surface area contributed by atoms with Crippen LogP contribution in [0.2, 0.25) is 0 Å². The highest BCUT2D eigenvalue weighted by molar-refractivity contribution is 7.80. The molecule has 1 aliphatic rings. The van der Waals surface area contributed by atoms with Gasteiger partial charge in [-0.05, 0) is 79.1 Å². The van der Waals surface area contributed by atoms with E-state index in [-0.39, 0.29) is 17.6 Å². The molecule has 0 aliphatic heterocycles. The van der Waals surface area contributed by atoms with Crippen molar-refractivity contribution in [2.45, 2.75) is 39.7 Å². The van der Waals surface area contributed by atoms with Crippen LogP contribution in [-0.2, 0) is 20.8 Å². The van der Waals surface area contributed by atoms with E-state index in [1.54, 1.807) is 50.2 Å². The maximum Gasteiger partial charge on any atom is 0.329 e. The van der Waals surface area contributed by atoms with E-state index in [0.29, 0.717) is 29.5 Å². The minimum atomic E-state index is -2.43. The molecule has 0 radical (unpaired) electrons. The quantitative estimate of drug-likeness (QED) is 0.149. The second-order valence-corrected chi connectivity index (χ2v) is 11.6. The number of nitrogens with zero attached hydrogens (tertiary/aromatic N) is 1. The third kappa shape index (κ3) is 6.19. The number of anilines is 2. The van der Waals surface area contributed by atoms with E-state index in [2.05, 4.69) is 5.32 Å². The molecule has 10 heteroatoms. The molecule has 1 fully saturated rings. The fourth-order valence-electron chi connectivity index (χ4n) is 4.94. The zero-order valence-electron chi connectivity index (χ0n) is 24.0. The summed E-state index contributed by atoms with van der Waals surface area (Å²) in [6.07, 6.45) is 2.39. The molecule has 1 aliphatic carbocycles. The lowest BCUT2D eigenvalue weighted by Gasteiger charge is -2.30. The van der Waals surface area contributed by atoms with Crippen molar-refractivity contribution in [3.63, 3.8) is 0 Å². The van der Waals surface area contributed by atoms with Crippen LogP contribution in [0.5, 0.6) is 5.75 Å². The lowest BCUT2D eigenvalue weighted by molar-refractivity contribution is -0.142. The molecule has 42 heavy (non-hydrogen) atoms. The van der Waals surface area contributed by atoms with Gasteiger partial charge in [0.05, 0.1) is 24.8 Å². The largest absolute Gasteiger partial charge is 0.493 e. The number of ether oxygens (including phenoxy) is 2. The summed E-state index contributed by atoms with van der Waals surface area (Å²) in [6, 6.07) is 19.0. The number of aryl methyl sites for hydroxylation is 1. The second-order valence-electron chi connectivity index (χ2n) is 10.8. The number of hydrogen-bond donors (Lipinski definition) is 2. The number of methoxy groups -OCH3 is 1. The van der Waals surface area contributed by atoms with Crippen LogP contribution in [-0.4, -0.2) is 40.4 Å². The van der Waals surface area contributed by atoms with Gasteiger partial charge in [-0.1, -0.05) is 44.2 Å². The molecule has 0 bridgehead atoms. The molecule has 3 aromatic carbocycles. The molecule has 1 heterocycles. The van der Waals surface area contributed by atoms with Crippen LogP contribution < -0.4 is 14.4 Å². The van der Waals surface area contributed by atoms with Crippen molar-refractivity contribution in [2.75, 3.05) is 23.3 Å². The van der Waals surface area contributed by atoms with Crippen molar-refractivity contribution in [3.05, 3.63) is 78.1 Å². The summed E-state index contributed by atoms with van der Waals surface area (Å²) in [5.41, 5.74) is 4.09. The summed E-state index contributed by atoms with van der Waals surface area (Å²) in [5.74, 6) is 0.381. The van der Waals surface area contributed by atoms with Gasteiger partial charge < -0.3 is 19.2 Å². The Morgan fingerprint density at radius 3 is 2.26 bits per heavy atom. The van der Waals surface area contributed by atoms with Gasteiger partial charge in [0.2, 0.25) is 0 Å². The molecule has 1 aromatic heterocycles. The monoisotopic (exact) mass is 590 g/mol. The minimum absolute atomic E-state index is 0.240. The topological polar surface area (TPSA) is 118 Å². The van der Waals surface area contributed by atoms with Crippen molar-refractivity contribution in [1.29, 1.82) is 0 Å². The van der Waals surface area contributed by atoms with E-state index in [9.17, 15) is 18.4 Å².